The van der Waals surface area contributed by atoms with Gasteiger partial charge in [-0.3, -0.25) is 0 Å². The summed E-state index contributed by atoms with van der Waals surface area (Å²) >= 11 is 5.60. The van der Waals surface area contributed by atoms with Crippen LogP contribution in [0.3, 0.4) is 0 Å². The molecule has 0 N–H and O–H groups in total. The molecule has 11 aromatic rings. The topological polar surface area (TPSA) is 3.24 Å². The molecule has 0 bridgehead atoms. The van der Waals surface area contributed by atoms with Crippen molar-refractivity contribution < 1.29 is 0 Å². The van der Waals surface area contributed by atoms with Gasteiger partial charge in [0.25, 0.3) is 0 Å². The first-order valence-corrected chi connectivity index (χ1v) is 19.9. The van der Waals surface area contributed by atoms with Crippen molar-refractivity contribution in [2.24, 2.45) is 0 Å². The molecule has 0 aliphatic carbocycles. The van der Waals surface area contributed by atoms with E-state index < -0.39 is 0 Å². The molecule has 0 amide bonds. The van der Waals surface area contributed by atoms with Crippen LogP contribution in [0.15, 0.2) is 176 Å². The zero-order valence-corrected chi connectivity index (χ0v) is 30.4. The monoisotopic (exact) mass is 715 g/mol. The maximum Gasteiger partial charge on any atom is 0.0476 e. The number of nitrogens with zero attached hydrogens (tertiary/aromatic N) is 1. The highest BCUT2D eigenvalue weighted by Gasteiger charge is 2.17. The van der Waals surface area contributed by atoms with Gasteiger partial charge in [0.15, 0.2) is 0 Å². The molecule has 8 aromatic carbocycles. The van der Waals surface area contributed by atoms with E-state index in [0.717, 1.165) is 17.1 Å². The summed E-state index contributed by atoms with van der Waals surface area (Å²) in [5.74, 6) is 0. The van der Waals surface area contributed by atoms with Gasteiger partial charge in [-0.2, -0.15) is 0 Å². The van der Waals surface area contributed by atoms with Gasteiger partial charge >= 0.3 is 0 Å². The second kappa shape index (κ2) is 11.9. The SMILES string of the molecule is c1ccc2c(c1)sc1cc(N(c3ccc(-c4ccc5sc6ccccc6c5c4)cc3)c3ccc(-c4cccc5sc6ccccc6c45)cc3)ccc12. The van der Waals surface area contributed by atoms with Crippen molar-refractivity contribution in [3.63, 3.8) is 0 Å². The molecule has 0 unspecified atom stereocenters. The van der Waals surface area contributed by atoms with E-state index in [1.807, 2.05) is 34.0 Å². The Labute approximate surface area is 312 Å². The molecule has 0 saturated heterocycles. The van der Waals surface area contributed by atoms with Crippen LogP contribution in [-0.4, -0.2) is 0 Å². The van der Waals surface area contributed by atoms with Crippen LogP contribution in [0.1, 0.15) is 0 Å². The first-order chi connectivity index (χ1) is 25.7. The van der Waals surface area contributed by atoms with Gasteiger partial charge in [-0.25, -0.2) is 0 Å². The standard InChI is InChI=1S/C48H29NS3/c1-4-12-42-37(8-1)39-26-25-35(29-47(39)52-42)49(33-21-16-30(17-22-33)32-20-27-45-41(28-32)38-9-2-5-13-43(38)50-45)34-23-18-31(19-24-34)36-11-7-15-46-48(36)40-10-3-6-14-44(40)51-46/h1-29H. The molecule has 3 aromatic heterocycles. The minimum Gasteiger partial charge on any atom is -0.310 e. The lowest BCUT2D eigenvalue weighted by atomic mass is 9.99. The maximum atomic E-state index is 2.40. The maximum absolute atomic E-state index is 2.40. The number of benzene rings is 8. The minimum atomic E-state index is 1.13. The van der Waals surface area contributed by atoms with Crippen LogP contribution >= 0.6 is 34.0 Å². The third kappa shape index (κ3) is 4.80. The molecule has 0 saturated carbocycles. The Morgan fingerprint density at radius 1 is 0.288 bits per heavy atom. The van der Waals surface area contributed by atoms with Gasteiger partial charge in [-0.1, -0.05) is 103 Å². The number of thiophene rings is 3. The fourth-order valence-corrected chi connectivity index (χ4v) is 11.2. The minimum absolute atomic E-state index is 1.13. The summed E-state index contributed by atoms with van der Waals surface area (Å²) in [6.45, 7) is 0. The number of anilines is 3. The fraction of sp³-hybridized carbons (Fsp3) is 0. The number of hydrogen-bond donors (Lipinski definition) is 0. The van der Waals surface area contributed by atoms with E-state index >= 15 is 0 Å². The van der Waals surface area contributed by atoms with Crippen molar-refractivity contribution in [1.29, 1.82) is 0 Å². The van der Waals surface area contributed by atoms with Gasteiger partial charge in [-0.05, 0) is 95.1 Å². The highest BCUT2D eigenvalue weighted by atomic mass is 32.1. The van der Waals surface area contributed by atoms with Gasteiger partial charge in [-0.15, -0.1) is 34.0 Å². The van der Waals surface area contributed by atoms with Crippen molar-refractivity contribution in [2.75, 3.05) is 4.90 Å². The molecule has 244 valence electrons. The van der Waals surface area contributed by atoms with Crippen LogP contribution in [0, 0.1) is 0 Å². The predicted octanol–water partition coefficient (Wildman–Crippen LogP) is 15.6. The highest BCUT2D eigenvalue weighted by molar-refractivity contribution is 7.26. The zero-order valence-electron chi connectivity index (χ0n) is 27.9. The van der Waals surface area contributed by atoms with Crippen LogP contribution in [0.4, 0.5) is 17.1 Å². The van der Waals surface area contributed by atoms with E-state index in [2.05, 4.69) is 181 Å². The van der Waals surface area contributed by atoms with Crippen LogP contribution in [0.25, 0.3) is 82.8 Å². The van der Waals surface area contributed by atoms with E-state index in [1.165, 1.54) is 82.8 Å². The summed E-state index contributed by atoms with van der Waals surface area (Å²) in [6, 6.07) is 64.9. The quantitative estimate of drug-likeness (QED) is 0.171. The highest BCUT2D eigenvalue weighted by Crippen LogP contribution is 2.44. The van der Waals surface area contributed by atoms with Crippen molar-refractivity contribution in [3.05, 3.63) is 176 Å². The van der Waals surface area contributed by atoms with E-state index in [0.29, 0.717) is 0 Å². The molecule has 0 fully saturated rings. The second-order valence-corrected chi connectivity index (χ2v) is 16.5. The summed E-state index contributed by atoms with van der Waals surface area (Å²) in [4.78, 5) is 2.40. The third-order valence-electron chi connectivity index (χ3n) is 10.3. The molecule has 4 heteroatoms. The summed E-state index contributed by atoms with van der Waals surface area (Å²) in [5, 5.41) is 7.95. The molecule has 0 aliphatic rings. The van der Waals surface area contributed by atoms with Crippen molar-refractivity contribution in [1.82, 2.24) is 0 Å². The van der Waals surface area contributed by atoms with Crippen LogP contribution in [0.2, 0.25) is 0 Å². The molecule has 0 spiro atoms. The number of fused-ring (bicyclic) bond motifs is 9. The Kier molecular flexibility index (Phi) is 6.84. The molecule has 0 atom stereocenters. The molecule has 11 rings (SSSR count). The molecule has 0 aliphatic heterocycles. The lowest BCUT2D eigenvalue weighted by molar-refractivity contribution is 1.29. The molecule has 1 nitrogen and oxygen atoms in total. The predicted molar refractivity (Wildman–Crippen MR) is 231 cm³/mol. The first kappa shape index (κ1) is 29.9. The summed E-state index contributed by atoms with van der Waals surface area (Å²) < 4.78 is 7.94. The van der Waals surface area contributed by atoms with Crippen molar-refractivity contribution >= 4 is 112 Å². The van der Waals surface area contributed by atoms with Gasteiger partial charge < -0.3 is 4.90 Å². The Balaban J connectivity index is 1.02. The number of rotatable bonds is 5. The van der Waals surface area contributed by atoms with Crippen LogP contribution in [0.5, 0.6) is 0 Å². The normalized spacial score (nSPS) is 11.8. The average molecular weight is 716 g/mol. The van der Waals surface area contributed by atoms with Crippen molar-refractivity contribution in [3.8, 4) is 22.3 Å². The molecule has 0 radical (unpaired) electrons. The molecular formula is C48H29NS3. The molecule has 3 heterocycles. The second-order valence-electron chi connectivity index (χ2n) is 13.3. The summed E-state index contributed by atoms with van der Waals surface area (Å²) in [6.07, 6.45) is 0. The van der Waals surface area contributed by atoms with E-state index in [4.69, 9.17) is 0 Å². The molecule has 52 heavy (non-hydrogen) atoms. The Hall–Kier alpha value is -5.78. The van der Waals surface area contributed by atoms with Gasteiger partial charge in [0, 0.05) is 77.6 Å². The Morgan fingerprint density at radius 2 is 0.788 bits per heavy atom. The zero-order chi connectivity index (χ0) is 34.2. The Morgan fingerprint density at radius 3 is 1.52 bits per heavy atom. The smallest absolute Gasteiger partial charge is 0.0476 e. The van der Waals surface area contributed by atoms with E-state index in [9.17, 15) is 0 Å². The van der Waals surface area contributed by atoms with Gasteiger partial charge in [0.1, 0.15) is 0 Å². The summed E-state index contributed by atoms with van der Waals surface area (Å²) in [5.41, 5.74) is 8.36. The largest absolute Gasteiger partial charge is 0.310 e. The van der Waals surface area contributed by atoms with Gasteiger partial charge in [0.05, 0.1) is 0 Å². The lowest BCUT2D eigenvalue weighted by Gasteiger charge is -2.26. The fourth-order valence-electron chi connectivity index (χ4n) is 7.81. The van der Waals surface area contributed by atoms with Gasteiger partial charge in [0.2, 0.25) is 0 Å². The third-order valence-corrected chi connectivity index (χ3v) is 13.7. The first-order valence-electron chi connectivity index (χ1n) is 17.5. The van der Waals surface area contributed by atoms with E-state index in [1.54, 1.807) is 0 Å². The van der Waals surface area contributed by atoms with Crippen molar-refractivity contribution in [2.45, 2.75) is 0 Å². The number of hydrogen-bond acceptors (Lipinski definition) is 4. The summed E-state index contributed by atoms with van der Waals surface area (Å²) in [7, 11) is 0. The molecular weight excluding hydrogens is 687 g/mol. The van der Waals surface area contributed by atoms with Crippen LogP contribution < -0.4 is 4.90 Å². The van der Waals surface area contributed by atoms with Crippen LogP contribution in [-0.2, 0) is 0 Å². The lowest BCUT2D eigenvalue weighted by Crippen LogP contribution is -2.09. The Bertz CT molecular complexity index is 3130. The van der Waals surface area contributed by atoms with E-state index in [-0.39, 0.29) is 0 Å². The average Bonchev–Trinajstić information content (AvgIpc) is 3.89.